The zero-order valence-electron chi connectivity index (χ0n) is 11.8. The summed E-state index contributed by atoms with van der Waals surface area (Å²) >= 11 is 1.70. The molecule has 0 aliphatic carbocycles. The summed E-state index contributed by atoms with van der Waals surface area (Å²) in [5.74, 6) is 1.54. The Morgan fingerprint density at radius 1 is 1.35 bits per heavy atom. The lowest BCUT2D eigenvalue weighted by Gasteiger charge is -2.14. The van der Waals surface area contributed by atoms with Crippen molar-refractivity contribution in [2.24, 2.45) is 5.73 Å². The maximum absolute atomic E-state index is 12.2. The first-order chi connectivity index (χ1) is 9.49. The van der Waals surface area contributed by atoms with Gasteiger partial charge < -0.3 is 10.5 Å². The maximum atomic E-state index is 12.2. The van der Waals surface area contributed by atoms with Crippen LogP contribution in [0.1, 0.15) is 13.3 Å². The molecule has 0 aliphatic rings. The third-order valence-corrected chi connectivity index (χ3v) is 4.88. The van der Waals surface area contributed by atoms with Gasteiger partial charge in [-0.05, 0) is 49.6 Å². The number of nitrogens with two attached hydrogens (primary N) is 1. The number of benzene rings is 1. The maximum Gasteiger partial charge on any atom is 0.240 e. The first-order valence-corrected chi connectivity index (χ1v) is 9.31. The monoisotopic (exact) mass is 318 g/mol. The van der Waals surface area contributed by atoms with Crippen LogP contribution in [0.2, 0.25) is 0 Å². The lowest BCUT2D eigenvalue weighted by Crippen LogP contribution is -2.32. The van der Waals surface area contributed by atoms with Gasteiger partial charge in [0.15, 0.2) is 0 Å². The highest BCUT2D eigenvalue weighted by Gasteiger charge is 2.17. The van der Waals surface area contributed by atoms with Crippen molar-refractivity contribution in [3.63, 3.8) is 0 Å². The van der Waals surface area contributed by atoms with Crippen molar-refractivity contribution in [1.82, 2.24) is 4.72 Å². The SMILES string of the molecule is CSCCC(C)NS(=O)(=O)c1ccc(OCCN)cc1. The minimum absolute atomic E-state index is 0.0828. The largest absolute Gasteiger partial charge is 0.492 e. The van der Waals surface area contributed by atoms with Gasteiger partial charge in [-0.3, -0.25) is 0 Å². The summed E-state index contributed by atoms with van der Waals surface area (Å²) < 4.78 is 32.3. The summed E-state index contributed by atoms with van der Waals surface area (Å²) in [7, 11) is -3.47. The average Bonchev–Trinajstić information content (AvgIpc) is 2.43. The molecule has 0 bridgehead atoms. The van der Waals surface area contributed by atoms with E-state index in [4.69, 9.17) is 10.5 Å². The van der Waals surface area contributed by atoms with Crippen LogP contribution in [0, 0.1) is 0 Å². The van der Waals surface area contributed by atoms with E-state index in [1.165, 1.54) is 12.1 Å². The molecular weight excluding hydrogens is 296 g/mol. The van der Waals surface area contributed by atoms with Crippen molar-refractivity contribution in [3.05, 3.63) is 24.3 Å². The van der Waals surface area contributed by atoms with E-state index in [9.17, 15) is 8.42 Å². The summed E-state index contributed by atoms with van der Waals surface area (Å²) in [5.41, 5.74) is 5.34. The number of ether oxygens (including phenoxy) is 1. The molecule has 0 saturated carbocycles. The molecule has 0 aliphatic heterocycles. The van der Waals surface area contributed by atoms with E-state index in [0.29, 0.717) is 18.9 Å². The molecule has 1 aromatic rings. The van der Waals surface area contributed by atoms with Crippen LogP contribution >= 0.6 is 11.8 Å². The fraction of sp³-hybridized carbons (Fsp3) is 0.538. The summed E-state index contributed by atoms with van der Waals surface area (Å²) in [4.78, 5) is 0.244. The Labute approximate surface area is 125 Å². The highest BCUT2D eigenvalue weighted by Crippen LogP contribution is 2.16. The predicted molar refractivity (Wildman–Crippen MR) is 83.8 cm³/mol. The molecule has 5 nitrogen and oxygen atoms in total. The van der Waals surface area contributed by atoms with Crippen molar-refractivity contribution >= 4 is 21.8 Å². The number of hydrogen-bond acceptors (Lipinski definition) is 5. The molecule has 1 aromatic carbocycles. The smallest absolute Gasteiger partial charge is 0.240 e. The Hall–Kier alpha value is -0.760. The summed E-state index contributed by atoms with van der Waals surface area (Å²) in [6.45, 7) is 2.71. The van der Waals surface area contributed by atoms with Crippen LogP contribution in [-0.4, -0.2) is 39.6 Å². The van der Waals surface area contributed by atoms with E-state index >= 15 is 0 Å². The van der Waals surface area contributed by atoms with Gasteiger partial charge >= 0.3 is 0 Å². The lowest BCUT2D eigenvalue weighted by atomic mass is 10.3. The first kappa shape index (κ1) is 17.3. The summed E-state index contributed by atoms with van der Waals surface area (Å²) in [6.07, 6.45) is 2.80. The summed E-state index contributed by atoms with van der Waals surface area (Å²) in [6, 6.07) is 6.26. The molecular formula is C13H22N2O3S2. The third-order valence-electron chi connectivity index (χ3n) is 2.63. The minimum Gasteiger partial charge on any atom is -0.492 e. The molecule has 1 unspecified atom stereocenters. The normalized spacial score (nSPS) is 13.2. The molecule has 0 aromatic heterocycles. The molecule has 0 radical (unpaired) electrons. The topological polar surface area (TPSA) is 81.4 Å². The molecule has 0 heterocycles. The van der Waals surface area contributed by atoms with Gasteiger partial charge in [0.2, 0.25) is 10.0 Å². The van der Waals surface area contributed by atoms with Gasteiger partial charge in [-0.25, -0.2) is 13.1 Å². The zero-order chi connectivity index (χ0) is 15.0. The van der Waals surface area contributed by atoms with Gasteiger partial charge in [0.1, 0.15) is 12.4 Å². The number of hydrogen-bond donors (Lipinski definition) is 2. The van der Waals surface area contributed by atoms with E-state index in [1.807, 2.05) is 13.2 Å². The van der Waals surface area contributed by atoms with Crippen LogP contribution in [-0.2, 0) is 10.0 Å². The predicted octanol–water partition coefficient (Wildman–Crippen LogP) is 1.44. The van der Waals surface area contributed by atoms with Gasteiger partial charge in [0.05, 0.1) is 4.90 Å². The van der Waals surface area contributed by atoms with Crippen LogP contribution in [0.3, 0.4) is 0 Å². The lowest BCUT2D eigenvalue weighted by molar-refractivity contribution is 0.328. The van der Waals surface area contributed by atoms with Gasteiger partial charge in [-0.15, -0.1) is 0 Å². The van der Waals surface area contributed by atoms with E-state index in [1.54, 1.807) is 23.9 Å². The number of sulfonamides is 1. The Bertz CT molecular complexity index is 489. The molecule has 0 saturated heterocycles. The molecule has 1 rings (SSSR count). The zero-order valence-corrected chi connectivity index (χ0v) is 13.5. The molecule has 1 atom stereocenters. The van der Waals surface area contributed by atoms with Gasteiger partial charge in [-0.1, -0.05) is 0 Å². The number of thioether (sulfide) groups is 1. The van der Waals surface area contributed by atoms with E-state index in [-0.39, 0.29) is 10.9 Å². The Morgan fingerprint density at radius 2 is 2.00 bits per heavy atom. The van der Waals surface area contributed by atoms with E-state index < -0.39 is 10.0 Å². The van der Waals surface area contributed by atoms with Crippen molar-refractivity contribution in [3.8, 4) is 5.75 Å². The fourth-order valence-corrected chi connectivity index (χ4v) is 3.45. The van der Waals surface area contributed by atoms with E-state index in [0.717, 1.165) is 12.2 Å². The molecule has 0 fully saturated rings. The second kappa shape index (κ2) is 8.51. The van der Waals surface area contributed by atoms with Crippen molar-refractivity contribution < 1.29 is 13.2 Å². The van der Waals surface area contributed by atoms with Crippen LogP contribution in [0.25, 0.3) is 0 Å². The molecule has 0 amide bonds. The Balaban J connectivity index is 2.67. The van der Waals surface area contributed by atoms with Gasteiger partial charge in [0.25, 0.3) is 0 Å². The molecule has 0 spiro atoms. The molecule has 20 heavy (non-hydrogen) atoms. The second-order valence-corrected chi connectivity index (χ2v) is 7.11. The first-order valence-electron chi connectivity index (χ1n) is 6.44. The van der Waals surface area contributed by atoms with Crippen LogP contribution < -0.4 is 15.2 Å². The fourth-order valence-electron chi connectivity index (χ4n) is 1.58. The summed E-state index contributed by atoms with van der Waals surface area (Å²) in [5, 5.41) is 0. The highest BCUT2D eigenvalue weighted by molar-refractivity contribution is 7.98. The van der Waals surface area contributed by atoms with Crippen molar-refractivity contribution in [2.75, 3.05) is 25.2 Å². The number of rotatable bonds is 9. The molecule has 3 N–H and O–H groups in total. The van der Waals surface area contributed by atoms with Gasteiger partial charge in [0, 0.05) is 12.6 Å². The average molecular weight is 318 g/mol. The highest BCUT2D eigenvalue weighted by atomic mass is 32.2. The second-order valence-electron chi connectivity index (χ2n) is 4.41. The van der Waals surface area contributed by atoms with Crippen molar-refractivity contribution in [1.29, 1.82) is 0 Å². The van der Waals surface area contributed by atoms with Crippen LogP contribution in [0.15, 0.2) is 29.2 Å². The number of nitrogens with one attached hydrogen (secondary N) is 1. The van der Waals surface area contributed by atoms with Gasteiger partial charge in [-0.2, -0.15) is 11.8 Å². The quantitative estimate of drug-likeness (QED) is 0.720. The standard InChI is InChI=1S/C13H22N2O3S2/c1-11(7-10-19-2)15-20(16,17)13-5-3-12(4-6-13)18-9-8-14/h3-6,11,15H,7-10,14H2,1-2H3. The minimum atomic E-state index is -3.47. The van der Waals surface area contributed by atoms with Crippen LogP contribution in [0.5, 0.6) is 5.75 Å². The van der Waals surface area contributed by atoms with Crippen LogP contribution in [0.4, 0.5) is 0 Å². The molecule has 114 valence electrons. The van der Waals surface area contributed by atoms with E-state index in [2.05, 4.69) is 4.72 Å². The molecule has 7 heteroatoms. The third kappa shape index (κ3) is 5.70. The Kier molecular flexibility index (Phi) is 7.36. The van der Waals surface area contributed by atoms with Crippen molar-refractivity contribution in [2.45, 2.75) is 24.3 Å². The Morgan fingerprint density at radius 3 is 2.55 bits per heavy atom.